The molecule has 0 radical (unpaired) electrons. The van der Waals surface area contributed by atoms with Gasteiger partial charge in [-0.3, -0.25) is 0 Å². The summed E-state index contributed by atoms with van der Waals surface area (Å²) < 4.78 is 5.64. The summed E-state index contributed by atoms with van der Waals surface area (Å²) in [6.07, 6.45) is 5.36. The van der Waals surface area contributed by atoms with Crippen LogP contribution in [0.2, 0.25) is 0 Å². The number of para-hydroxylation sites is 1. The highest BCUT2D eigenvalue weighted by atomic mass is 16.5. The van der Waals surface area contributed by atoms with Gasteiger partial charge >= 0.3 is 0 Å². The van der Waals surface area contributed by atoms with E-state index in [1.165, 1.54) is 30.5 Å². The number of hydrogen-bond donors (Lipinski definition) is 2. The molecule has 2 N–H and O–H groups in total. The zero-order valence-corrected chi connectivity index (χ0v) is 11.5. The van der Waals surface area contributed by atoms with Crippen LogP contribution in [0.1, 0.15) is 24.8 Å². The highest BCUT2D eigenvalue weighted by molar-refractivity contribution is 5.53. The van der Waals surface area contributed by atoms with Gasteiger partial charge in [-0.05, 0) is 56.3 Å². The number of rotatable bonds is 5. The largest absolute Gasteiger partial charge is 0.384 e. The Bertz CT molecular complexity index is 401. The van der Waals surface area contributed by atoms with Crippen LogP contribution in [0.15, 0.2) is 24.3 Å². The summed E-state index contributed by atoms with van der Waals surface area (Å²) in [4.78, 5) is 0. The van der Waals surface area contributed by atoms with Gasteiger partial charge in [0.25, 0.3) is 0 Å². The molecule has 1 saturated heterocycles. The van der Waals surface area contributed by atoms with Gasteiger partial charge in [0.2, 0.25) is 0 Å². The Kier molecular flexibility index (Phi) is 4.36. The van der Waals surface area contributed by atoms with Gasteiger partial charge in [0.05, 0.1) is 6.10 Å². The van der Waals surface area contributed by atoms with Crippen molar-refractivity contribution in [1.29, 1.82) is 0 Å². The Morgan fingerprint density at radius 3 is 3.16 bits per heavy atom. The Hall–Kier alpha value is -1.06. The molecule has 0 aromatic heterocycles. The van der Waals surface area contributed by atoms with Crippen molar-refractivity contribution >= 4 is 5.69 Å². The van der Waals surface area contributed by atoms with E-state index in [0.717, 1.165) is 32.7 Å². The van der Waals surface area contributed by atoms with E-state index >= 15 is 0 Å². The summed E-state index contributed by atoms with van der Waals surface area (Å²) in [6.45, 7) is 4.24. The minimum absolute atomic E-state index is 0.512. The summed E-state index contributed by atoms with van der Waals surface area (Å²) in [5, 5.41) is 7.12. The van der Waals surface area contributed by atoms with E-state index in [0.29, 0.717) is 12.0 Å². The van der Waals surface area contributed by atoms with Crippen LogP contribution in [0.5, 0.6) is 0 Å². The molecule has 3 heteroatoms. The average Bonchev–Trinajstić information content (AvgIpc) is 2.97. The molecule has 2 atom stereocenters. The van der Waals surface area contributed by atoms with Gasteiger partial charge in [0.1, 0.15) is 0 Å². The molecule has 19 heavy (non-hydrogen) atoms. The molecule has 0 saturated carbocycles. The third kappa shape index (κ3) is 3.48. The topological polar surface area (TPSA) is 33.3 Å². The van der Waals surface area contributed by atoms with Crippen molar-refractivity contribution in [3.63, 3.8) is 0 Å². The molecule has 0 spiro atoms. The lowest BCUT2D eigenvalue weighted by molar-refractivity contribution is 0.104. The minimum Gasteiger partial charge on any atom is -0.384 e. The van der Waals surface area contributed by atoms with Crippen LogP contribution in [0.4, 0.5) is 5.69 Å². The van der Waals surface area contributed by atoms with E-state index in [4.69, 9.17) is 4.74 Å². The lowest BCUT2D eigenvalue weighted by Crippen LogP contribution is -2.33. The number of hydrogen-bond acceptors (Lipinski definition) is 3. The molecule has 1 fully saturated rings. The smallest absolute Gasteiger partial charge is 0.0588 e. The van der Waals surface area contributed by atoms with Crippen molar-refractivity contribution in [2.45, 2.75) is 31.8 Å². The van der Waals surface area contributed by atoms with Crippen molar-refractivity contribution in [1.82, 2.24) is 5.32 Å². The predicted molar refractivity (Wildman–Crippen MR) is 78.6 cm³/mol. The zero-order chi connectivity index (χ0) is 12.9. The minimum atomic E-state index is 0.512. The van der Waals surface area contributed by atoms with Crippen LogP contribution in [0, 0.1) is 5.92 Å². The van der Waals surface area contributed by atoms with Crippen LogP contribution >= 0.6 is 0 Å². The number of anilines is 1. The third-order valence-corrected chi connectivity index (χ3v) is 4.21. The first-order valence-corrected chi connectivity index (χ1v) is 7.56. The van der Waals surface area contributed by atoms with Crippen molar-refractivity contribution < 1.29 is 4.74 Å². The molecule has 1 aromatic carbocycles. The first-order valence-electron chi connectivity index (χ1n) is 7.56. The fraction of sp³-hybridized carbons (Fsp3) is 0.625. The number of ether oxygens (including phenoxy) is 1. The second kappa shape index (κ2) is 6.40. The van der Waals surface area contributed by atoms with E-state index < -0.39 is 0 Å². The predicted octanol–water partition coefficient (Wildman–Crippen LogP) is 2.43. The number of fused-ring (bicyclic) bond motifs is 1. The SMILES string of the molecule is c1ccc2c(c1)CC(CNCCC1CCCO1)CN2. The zero-order valence-electron chi connectivity index (χ0n) is 11.5. The maximum Gasteiger partial charge on any atom is 0.0588 e. The molecular formula is C16H24N2O. The van der Waals surface area contributed by atoms with E-state index in [1.807, 2.05) is 0 Å². The second-order valence-corrected chi connectivity index (χ2v) is 5.74. The fourth-order valence-corrected chi connectivity index (χ4v) is 3.09. The molecule has 1 aromatic rings. The lowest BCUT2D eigenvalue weighted by atomic mass is 9.94. The van der Waals surface area contributed by atoms with Crippen molar-refractivity contribution in [2.75, 3.05) is 31.6 Å². The summed E-state index contributed by atoms with van der Waals surface area (Å²) >= 11 is 0. The average molecular weight is 260 g/mol. The van der Waals surface area contributed by atoms with Gasteiger partial charge in [-0.2, -0.15) is 0 Å². The fourth-order valence-electron chi connectivity index (χ4n) is 3.09. The molecule has 2 heterocycles. The maximum atomic E-state index is 5.64. The number of nitrogens with one attached hydrogen (secondary N) is 2. The van der Waals surface area contributed by atoms with Gasteiger partial charge in [-0.25, -0.2) is 0 Å². The van der Waals surface area contributed by atoms with Crippen LogP contribution < -0.4 is 10.6 Å². The van der Waals surface area contributed by atoms with Gasteiger partial charge in [-0.1, -0.05) is 18.2 Å². The lowest BCUT2D eigenvalue weighted by Gasteiger charge is -2.26. The Morgan fingerprint density at radius 1 is 1.32 bits per heavy atom. The molecule has 104 valence electrons. The molecule has 3 nitrogen and oxygen atoms in total. The van der Waals surface area contributed by atoms with Crippen LogP contribution in [0.3, 0.4) is 0 Å². The van der Waals surface area contributed by atoms with Crippen LogP contribution in [-0.2, 0) is 11.2 Å². The first kappa shape index (κ1) is 12.9. The van der Waals surface area contributed by atoms with Crippen molar-refractivity contribution in [3.8, 4) is 0 Å². The van der Waals surface area contributed by atoms with E-state index in [2.05, 4.69) is 34.9 Å². The molecular weight excluding hydrogens is 236 g/mol. The molecule has 2 aliphatic heterocycles. The summed E-state index contributed by atoms with van der Waals surface area (Å²) in [6, 6.07) is 8.65. The van der Waals surface area contributed by atoms with Crippen molar-refractivity contribution in [2.24, 2.45) is 5.92 Å². The summed E-state index contributed by atoms with van der Waals surface area (Å²) in [5.41, 5.74) is 2.78. The number of benzene rings is 1. The first-order chi connectivity index (χ1) is 9.42. The van der Waals surface area contributed by atoms with Gasteiger partial charge in [-0.15, -0.1) is 0 Å². The third-order valence-electron chi connectivity index (χ3n) is 4.21. The van der Waals surface area contributed by atoms with E-state index in [1.54, 1.807) is 0 Å². The van der Waals surface area contributed by atoms with Gasteiger partial charge in [0, 0.05) is 18.8 Å². The highest BCUT2D eigenvalue weighted by Gasteiger charge is 2.18. The Balaban J connectivity index is 1.37. The molecule has 0 bridgehead atoms. The van der Waals surface area contributed by atoms with E-state index in [-0.39, 0.29) is 0 Å². The van der Waals surface area contributed by atoms with Crippen LogP contribution in [-0.4, -0.2) is 32.3 Å². The van der Waals surface area contributed by atoms with E-state index in [9.17, 15) is 0 Å². The second-order valence-electron chi connectivity index (χ2n) is 5.74. The van der Waals surface area contributed by atoms with Crippen LogP contribution in [0.25, 0.3) is 0 Å². The highest BCUT2D eigenvalue weighted by Crippen LogP contribution is 2.23. The summed E-state index contributed by atoms with van der Waals surface area (Å²) in [5.74, 6) is 0.708. The standard InChI is InChI=1S/C16H24N2O/c1-2-6-16-14(4-1)10-13(12-18-16)11-17-8-7-15-5-3-9-19-15/h1-2,4,6,13,15,17-18H,3,5,7-12H2. The molecule has 0 amide bonds. The van der Waals surface area contributed by atoms with Crippen molar-refractivity contribution in [3.05, 3.63) is 29.8 Å². The van der Waals surface area contributed by atoms with Gasteiger partial charge < -0.3 is 15.4 Å². The molecule has 2 aliphatic rings. The monoisotopic (exact) mass is 260 g/mol. The normalized spacial score (nSPS) is 25.9. The Morgan fingerprint density at radius 2 is 2.26 bits per heavy atom. The quantitative estimate of drug-likeness (QED) is 0.798. The van der Waals surface area contributed by atoms with Gasteiger partial charge in [0.15, 0.2) is 0 Å². The molecule has 2 unspecified atom stereocenters. The Labute approximate surface area is 115 Å². The molecule has 3 rings (SSSR count). The summed E-state index contributed by atoms with van der Waals surface area (Å²) in [7, 11) is 0. The molecule has 0 aliphatic carbocycles. The maximum absolute atomic E-state index is 5.64.